The molecular weight excluding hydrogens is 160 g/mol. The summed E-state index contributed by atoms with van der Waals surface area (Å²) in [7, 11) is 1.38. The summed E-state index contributed by atoms with van der Waals surface area (Å²) in [6.07, 6.45) is 2.63. The lowest BCUT2D eigenvalue weighted by Gasteiger charge is -2.00. The first-order chi connectivity index (χ1) is 5.77. The standard InChI is InChI=1S/C7H6N2O3/c1-12-7-6(11)2-5(3-8-7)9-4-10/h2-3,11H,1H3. The zero-order valence-electron chi connectivity index (χ0n) is 6.31. The molecule has 0 aromatic carbocycles. The molecule has 12 heavy (non-hydrogen) atoms. The molecule has 0 spiro atoms. The number of methoxy groups -OCH3 is 1. The number of pyridine rings is 1. The fraction of sp³-hybridized carbons (Fsp3) is 0.143. The first-order valence-corrected chi connectivity index (χ1v) is 3.09. The molecule has 62 valence electrons. The number of nitrogens with zero attached hydrogens (tertiary/aromatic N) is 2. The third-order valence-corrected chi connectivity index (χ3v) is 1.19. The monoisotopic (exact) mass is 166 g/mol. The van der Waals surface area contributed by atoms with E-state index in [2.05, 4.69) is 14.7 Å². The largest absolute Gasteiger partial charge is 0.503 e. The van der Waals surface area contributed by atoms with Gasteiger partial charge in [-0.05, 0) is 0 Å². The summed E-state index contributed by atoms with van der Waals surface area (Å²) in [5.74, 6) is -0.0613. The van der Waals surface area contributed by atoms with Crippen molar-refractivity contribution in [2.24, 2.45) is 4.99 Å². The number of isocyanates is 1. The summed E-state index contributed by atoms with van der Waals surface area (Å²) >= 11 is 0. The number of rotatable bonds is 2. The Hall–Kier alpha value is -1.87. The average Bonchev–Trinajstić information content (AvgIpc) is 2.05. The van der Waals surface area contributed by atoms with Crippen LogP contribution in [0.4, 0.5) is 5.69 Å². The molecule has 0 fully saturated rings. The molecule has 5 nitrogen and oxygen atoms in total. The van der Waals surface area contributed by atoms with Crippen molar-refractivity contribution in [1.29, 1.82) is 0 Å². The van der Waals surface area contributed by atoms with Crippen molar-refractivity contribution < 1.29 is 14.6 Å². The SMILES string of the molecule is COc1ncc(N=C=O)cc1O. The van der Waals surface area contributed by atoms with Crippen molar-refractivity contribution in [3.63, 3.8) is 0 Å². The highest BCUT2D eigenvalue weighted by Gasteiger charge is 2.02. The maximum atomic E-state index is 9.81. The number of aromatic hydroxyl groups is 1. The van der Waals surface area contributed by atoms with Crippen molar-refractivity contribution in [2.75, 3.05) is 7.11 Å². The van der Waals surface area contributed by atoms with Crippen LogP contribution in [0.25, 0.3) is 0 Å². The maximum absolute atomic E-state index is 9.81. The van der Waals surface area contributed by atoms with Gasteiger partial charge in [0.1, 0.15) is 0 Å². The van der Waals surface area contributed by atoms with Gasteiger partial charge >= 0.3 is 0 Å². The number of aromatic nitrogens is 1. The molecule has 1 aromatic heterocycles. The van der Waals surface area contributed by atoms with Crippen LogP contribution in [-0.2, 0) is 4.79 Å². The van der Waals surface area contributed by atoms with Crippen molar-refractivity contribution >= 4 is 11.8 Å². The average molecular weight is 166 g/mol. The van der Waals surface area contributed by atoms with Crippen LogP contribution < -0.4 is 4.74 Å². The molecule has 1 aromatic rings. The minimum absolute atomic E-state index is 0.0971. The Kier molecular flexibility index (Phi) is 2.40. The van der Waals surface area contributed by atoms with Crippen LogP contribution in [0.2, 0.25) is 0 Å². The molecule has 0 amide bonds. The lowest BCUT2D eigenvalue weighted by atomic mass is 10.4. The van der Waals surface area contributed by atoms with E-state index in [1.54, 1.807) is 0 Å². The Labute approximate surface area is 68.3 Å². The van der Waals surface area contributed by atoms with Gasteiger partial charge in [-0.2, -0.15) is 4.99 Å². The molecule has 0 atom stereocenters. The van der Waals surface area contributed by atoms with Crippen LogP contribution in [-0.4, -0.2) is 23.3 Å². The highest BCUT2D eigenvalue weighted by Crippen LogP contribution is 2.26. The van der Waals surface area contributed by atoms with Gasteiger partial charge in [-0.25, -0.2) is 9.78 Å². The number of ether oxygens (including phenoxy) is 1. The van der Waals surface area contributed by atoms with Gasteiger partial charge < -0.3 is 9.84 Å². The molecule has 1 rings (SSSR count). The highest BCUT2D eigenvalue weighted by atomic mass is 16.5. The lowest BCUT2D eigenvalue weighted by Crippen LogP contribution is -1.86. The van der Waals surface area contributed by atoms with Gasteiger partial charge in [0, 0.05) is 6.07 Å². The second kappa shape index (κ2) is 3.50. The predicted molar refractivity (Wildman–Crippen MR) is 40.2 cm³/mol. The van der Waals surface area contributed by atoms with Gasteiger partial charge in [0.15, 0.2) is 5.75 Å². The second-order valence-electron chi connectivity index (χ2n) is 1.93. The Morgan fingerprint density at radius 2 is 2.50 bits per heavy atom. The van der Waals surface area contributed by atoms with E-state index in [0.717, 1.165) is 0 Å². The zero-order chi connectivity index (χ0) is 8.97. The van der Waals surface area contributed by atoms with Crippen molar-refractivity contribution in [2.45, 2.75) is 0 Å². The fourth-order valence-corrected chi connectivity index (χ4v) is 0.701. The molecule has 0 unspecified atom stereocenters. The summed E-state index contributed by atoms with van der Waals surface area (Å²) in [4.78, 5) is 16.7. The quantitative estimate of drug-likeness (QED) is 0.520. The Balaban J connectivity index is 3.09. The molecule has 0 aliphatic rings. The van der Waals surface area contributed by atoms with Crippen LogP contribution in [0.5, 0.6) is 11.6 Å². The van der Waals surface area contributed by atoms with E-state index in [-0.39, 0.29) is 17.3 Å². The van der Waals surface area contributed by atoms with Crippen molar-refractivity contribution in [3.8, 4) is 11.6 Å². The third kappa shape index (κ3) is 1.59. The number of hydrogen-bond acceptors (Lipinski definition) is 5. The van der Waals surface area contributed by atoms with Gasteiger partial charge in [-0.15, -0.1) is 0 Å². The number of aliphatic imine (C=N–C) groups is 1. The van der Waals surface area contributed by atoms with Gasteiger partial charge in [0.2, 0.25) is 6.08 Å². The summed E-state index contributed by atoms with van der Waals surface area (Å²) in [6, 6.07) is 1.26. The topological polar surface area (TPSA) is 71.8 Å². The molecule has 0 aliphatic carbocycles. The molecule has 0 radical (unpaired) electrons. The smallest absolute Gasteiger partial charge is 0.256 e. The Morgan fingerprint density at radius 1 is 1.75 bits per heavy atom. The Morgan fingerprint density at radius 3 is 3.00 bits per heavy atom. The molecule has 1 heterocycles. The van der Waals surface area contributed by atoms with Crippen LogP contribution in [0, 0.1) is 0 Å². The number of hydrogen-bond donors (Lipinski definition) is 1. The van der Waals surface area contributed by atoms with E-state index in [1.807, 2.05) is 0 Å². The minimum Gasteiger partial charge on any atom is -0.503 e. The van der Waals surface area contributed by atoms with E-state index in [0.29, 0.717) is 0 Å². The summed E-state index contributed by atoms with van der Waals surface area (Å²) < 4.78 is 4.68. The van der Waals surface area contributed by atoms with E-state index < -0.39 is 0 Å². The zero-order valence-corrected chi connectivity index (χ0v) is 6.31. The van der Waals surface area contributed by atoms with Gasteiger partial charge in [-0.1, -0.05) is 0 Å². The van der Waals surface area contributed by atoms with Crippen LogP contribution in [0.15, 0.2) is 17.3 Å². The molecule has 0 bridgehead atoms. The first-order valence-electron chi connectivity index (χ1n) is 3.09. The minimum atomic E-state index is -0.158. The summed E-state index contributed by atoms with van der Waals surface area (Å²) in [6.45, 7) is 0. The van der Waals surface area contributed by atoms with E-state index in [9.17, 15) is 4.79 Å². The Bertz CT molecular complexity index is 331. The van der Waals surface area contributed by atoms with E-state index >= 15 is 0 Å². The van der Waals surface area contributed by atoms with E-state index in [4.69, 9.17) is 5.11 Å². The first kappa shape index (κ1) is 8.23. The molecule has 0 saturated carbocycles. The summed E-state index contributed by atoms with van der Waals surface area (Å²) in [5.41, 5.74) is 0.239. The van der Waals surface area contributed by atoms with Crippen LogP contribution in [0.3, 0.4) is 0 Å². The third-order valence-electron chi connectivity index (χ3n) is 1.19. The van der Waals surface area contributed by atoms with Gasteiger partial charge in [0.05, 0.1) is 19.0 Å². The molecule has 5 heteroatoms. The highest BCUT2D eigenvalue weighted by molar-refractivity contribution is 5.51. The van der Waals surface area contributed by atoms with Crippen LogP contribution >= 0.6 is 0 Å². The van der Waals surface area contributed by atoms with Crippen LogP contribution in [0.1, 0.15) is 0 Å². The molecular formula is C7H6N2O3. The van der Waals surface area contributed by atoms with Crippen molar-refractivity contribution in [3.05, 3.63) is 12.3 Å². The van der Waals surface area contributed by atoms with Crippen molar-refractivity contribution in [1.82, 2.24) is 4.98 Å². The summed E-state index contributed by atoms with van der Waals surface area (Å²) in [5, 5.41) is 9.14. The molecule has 0 aliphatic heterocycles. The molecule has 0 saturated heterocycles. The second-order valence-corrected chi connectivity index (χ2v) is 1.93. The maximum Gasteiger partial charge on any atom is 0.256 e. The van der Waals surface area contributed by atoms with Gasteiger partial charge in [0.25, 0.3) is 5.88 Å². The van der Waals surface area contributed by atoms with E-state index in [1.165, 1.54) is 25.5 Å². The lowest BCUT2D eigenvalue weighted by molar-refractivity contribution is 0.359. The van der Waals surface area contributed by atoms with Gasteiger partial charge in [-0.3, -0.25) is 0 Å². The predicted octanol–water partition coefficient (Wildman–Crippen LogP) is 0.763. The number of carbonyl (C=O) groups excluding carboxylic acids is 1. The molecule has 1 N–H and O–H groups in total. The fourth-order valence-electron chi connectivity index (χ4n) is 0.701. The normalized spacial score (nSPS) is 8.75.